The summed E-state index contributed by atoms with van der Waals surface area (Å²) in [4.78, 5) is 42.2. The van der Waals surface area contributed by atoms with E-state index >= 15 is 0 Å². The maximum Gasteiger partial charge on any atom is 0.331 e. The Balaban J connectivity index is 1.95. The number of aromatic nitrogens is 2. The van der Waals surface area contributed by atoms with Gasteiger partial charge in [0.2, 0.25) is 0 Å². The summed E-state index contributed by atoms with van der Waals surface area (Å²) < 4.78 is 19.6. The van der Waals surface area contributed by atoms with Gasteiger partial charge in [0.15, 0.2) is 6.10 Å². The van der Waals surface area contributed by atoms with Crippen LogP contribution < -0.4 is 0 Å². The predicted octanol–water partition coefficient (Wildman–Crippen LogP) is 5.83. The molecule has 8 heteroatoms. The third kappa shape index (κ3) is 8.67. The second-order valence-electron chi connectivity index (χ2n) is 12.6. The van der Waals surface area contributed by atoms with Crippen molar-refractivity contribution in [1.82, 2.24) is 9.55 Å². The van der Waals surface area contributed by atoms with E-state index in [4.69, 9.17) is 14.2 Å². The maximum atomic E-state index is 13.0. The van der Waals surface area contributed by atoms with Crippen molar-refractivity contribution in [2.24, 2.45) is 36.1 Å². The van der Waals surface area contributed by atoms with E-state index in [9.17, 15) is 14.4 Å². The van der Waals surface area contributed by atoms with Gasteiger partial charge < -0.3 is 18.8 Å². The SMILES string of the molecule is CC(=O)OC1/C=C\C[C@@H](OC(=O)/C=C/c2cn(C)cn2)C[C@H]2C(C)=CC[C@H](C(C)C)[C@H]2C[C@@H]1OC(=O)C(C)(C)C. The van der Waals surface area contributed by atoms with Crippen LogP contribution in [0.15, 0.2) is 42.4 Å². The number of carbonyl (C=O) groups is 3. The van der Waals surface area contributed by atoms with E-state index in [0.29, 0.717) is 36.8 Å². The van der Waals surface area contributed by atoms with Gasteiger partial charge in [0.1, 0.15) is 12.2 Å². The molecule has 1 heterocycles. The topological polar surface area (TPSA) is 96.7 Å². The van der Waals surface area contributed by atoms with Crippen molar-refractivity contribution in [2.45, 2.75) is 92.5 Å². The van der Waals surface area contributed by atoms with Gasteiger partial charge in [0.05, 0.1) is 17.4 Å². The van der Waals surface area contributed by atoms with Crippen molar-refractivity contribution < 1.29 is 28.6 Å². The average molecular weight is 555 g/mol. The number of ether oxygens (including phenoxy) is 3. The smallest absolute Gasteiger partial charge is 0.331 e. The van der Waals surface area contributed by atoms with E-state index in [-0.39, 0.29) is 23.9 Å². The van der Waals surface area contributed by atoms with Gasteiger partial charge in [-0.05, 0) is 82.8 Å². The highest BCUT2D eigenvalue weighted by Gasteiger charge is 2.42. The fraction of sp³-hybridized carbons (Fsp3) is 0.625. The van der Waals surface area contributed by atoms with Crippen LogP contribution in [0.2, 0.25) is 0 Å². The number of hydrogen-bond donors (Lipinski definition) is 0. The third-order valence-electron chi connectivity index (χ3n) is 7.90. The van der Waals surface area contributed by atoms with E-state index < -0.39 is 29.6 Å². The molecule has 8 nitrogen and oxygen atoms in total. The first-order chi connectivity index (χ1) is 18.7. The van der Waals surface area contributed by atoms with Gasteiger partial charge >= 0.3 is 17.9 Å². The number of aryl methyl sites for hydroxylation is 1. The van der Waals surface area contributed by atoms with Gasteiger partial charge in [-0.25, -0.2) is 9.78 Å². The lowest BCUT2D eigenvalue weighted by Gasteiger charge is -2.43. The van der Waals surface area contributed by atoms with Gasteiger partial charge in [-0.3, -0.25) is 9.59 Å². The summed E-state index contributed by atoms with van der Waals surface area (Å²) in [6, 6.07) is 0. The Labute approximate surface area is 238 Å². The molecule has 0 aromatic carbocycles. The molecule has 0 amide bonds. The standard InChI is InChI=1S/C32H46N2O6/c1-20(2)25-14-12-21(3)26-16-24(39-30(36)15-13-23-18-34(8)19-33-23)10-9-11-28(38-22(4)35)29(17-27(25)26)40-31(37)32(5,6)7/h9,11-13,15,18-20,24-29H,10,14,16-17H2,1-8H3/b11-9-,15-13+/t24-,25-,26+,27-,28?,29+/m1/s1. The molecular weight excluding hydrogens is 508 g/mol. The van der Waals surface area contributed by atoms with Crippen LogP contribution in [0.1, 0.15) is 79.8 Å². The van der Waals surface area contributed by atoms with Crippen LogP contribution in [0.5, 0.6) is 0 Å². The molecule has 0 bridgehead atoms. The largest absolute Gasteiger partial charge is 0.459 e. The van der Waals surface area contributed by atoms with Crippen LogP contribution in [0, 0.1) is 29.1 Å². The van der Waals surface area contributed by atoms with Gasteiger partial charge in [0.25, 0.3) is 0 Å². The minimum absolute atomic E-state index is 0.124. The summed E-state index contributed by atoms with van der Waals surface area (Å²) in [5.41, 5.74) is 1.24. The average Bonchev–Trinajstić information content (AvgIpc) is 3.27. The van der Waals surface area contributed by atoms with Crippen LogP contribution in [0.25, 0.3) is 6.08 Å². The number of carbonyl (C=O) groups excluding carboxylic acids is 3. The molecule has 1 aromatic rings. The minimum atomic E-state index is -0.734. The summed E-state index contributed by atoms with van der Waals surface area (Å²) in [7, 11) is 1.87. The van der Waals surface area contributed by atoms with Gasteiger partial charge in [-0.2, -0.15) is 0 Å². The highest BCUT2D eigenvalue weighted by Crippen LogP contribution is 2.45. The zero-order valence-corrected chi connectivity index (χ0v) is 25.3. The molecule has 6 atom stereocenters. The second kappa shape index (κ2) is 13.5. The summed E-state index contributed by atoms with van der Waals surface area (Å²) in [6.07, 6.45) is 13.3. The maximum absolute atomic E-state index is 13.0. The van der Waals surface area contributed by atoms with Crippen molar-refractivity contribution in [2.75, 3.05) is 0 Å². The Bertz CT molecular complexity index is 1140. The Kier molecular flexibility index (Phi) is 10.6. The predicted molar refractivity (Wildman–Crippen MR) is 154 cm³/mol. The van der Waals surface area contributed by atoms with Crippen molar-refractivity contribution >= 4 is 24.0 Å². The van der Waals surface area contributed by atoms with Crippen LogP contribution in [0.3, 0.4) is 0 Å². The third-order valence-corrected chi connectivity index (χ3v) is 7.90. The van der Waals surface area contributed by atoms with E-state index in [1.165, 1.54) is 18.6 Å². The van der Waals surface area contributed by atoms with Crippen LogP contribution in [0.4, 0.5) is 0 Å². The molecule has 0 saturated heterocycles. The monoisotopic (exact) mass is 554 g/mol. The first kappa shape index (κ1) is 31.4. The number of fused-ring (bicyclic) bond motifs is 1. The zero-order chi connectivity index (χ0) is 29.6. The fourth-order valence-electron chi connectivity index (χ4n) is 5.73. The van der Waals surface area contributed by atoms with E-state index in [0.717, 1.165) is 6.42 Å². The molecule has 0 fully saturated rings. The van der Waals surface area contributed by atoms with Gasteiger partial charge in [-0.15, -0.1) is 0 Å². The molecule has 0 N–H and O–H groups in total. The number of rotatable bonds is 6. The highest BCUT2D eigenvalue weighted by atomic mass is 16.6. The normalized spacial score (nSPS) is 28.4. The van der Waals surface area contributed by atoms with Crippen molar-refractivity contribution in [3.8, 4) is 0 Å². The highest BCUT2D eigenvalue weighted by molar-refractivity contribution is 5.86. The first-order valence-electron chi connectivity index (χ1n) is 14.3. The molecule has 3 rings (SSSR count). The van der Waals surface area contributed by atoms with Crippen LogP contribution in [-0.2, 0) is 35.6 Å². The van der Waals surface area contributed by atoms with Crippen molar-refractivity contribution in [1.29, 1.82) is 0 Å². The van der Waals surface area contributed by atoms with E-state index in [1.807, 2.05) is 44.7 Å². The first-order valence-corrected chi connectivity index (χ1v) is 14.3. The molecule has 0 aliphatic heterocycles. The summed E-state index contributed by atoms with van der Waals surface area (Å²) >= 11 is 0. The molecule has 2 aliphatic carbocycles. The molecule has 1 aromatic heterocycles. The molecule has 0 saturated carbocycles. The Morgan fingerprint density at radius 1 is 1.10 bits per heavy atom. The van der Waals surface area contributed by atoms with Gasteiger partial charge in [-0.1, -0.05) is 31.6 Å². The Morgan fingerprint density at radius 2 is 1.82 bits per heavy atom. The lowest BCUT2D eigenvalue weighted by atomic mass is 9.64. The zero-order valence-electron chi connectivity index (χ0n) is 25.3. The fourth-order valence-corrected chi connectivity index (χ4v) is 5.73. The van der Waals surface area contributed by atoms with Crippen LogP contribution >= 0.6 is 0 Å². The van der Waals surface area contributed by atoms with E-state index in [1.54, 1.807) is 18.5 Å². The molecular formula is C32H46N2O6. The summed E-state index contributed by atoms with van der Waals surface area (Å²) in [5.74, 6) is -0.189. The molecule has 2 aliphatic rings. The molecule has 220 valence electrons. The molecule has 1 unspecified atom stereocenters. The quantitative estimate of drug-likeness (QED) is 0.189. The van der Waals surface area contributed by atoms with Crippen LogP contribution in [-0.4, -0.2) is 45.8 Å². The Hall–Kier alpha value is -3.16. The van der Waals surface area contributed by atoms with Gasteiger partial charge in [0, 0.05) is 32.7 Å². The summed E-state index contributed by atoms with van der Waals surface area (Å²) in [5, 5.41) is 0. The molecule has 0 spiro atoms. The molecule has 0 radical (unpaired) electrons. The number of hydrogen-bond acceptors (Lipinski definition) is 7. The molecule has 40 heavy (non-hydrogen) atoms. The Morgan fingerprint density at radius 3 is 2.42 bits per heavy atom. The van der Waals surface area contributed by atoms with E-state index in [2.05, 4.69) is 31.8 Å². The second-order valence-corrected chi connectivity index (χ2v) is 12.6. The lowest BCUT2D eigenvalue weighted by molar-refractivity contribution is -0.172. The number of esters is 3. The van der Waals surface area contributed by atoms with Crippen molar-refractivity contribution in [3.05, 3.63) is 48.1 Å². The van der Waals surface area contributed by atoms with Crippen molar-refractivity contribution in [3.63, 3.8) is 0 Å². The number of allylic oxidation sites excluding steroid dienone is 2. The number of imidazole rings is 1. The minimum Gasteiger partial charge on any atom is -0.459 e. The summed E-state index contributed by atoms with van der Waals surface area (Å²) in [6.45, 7) is 13.4. The lowest BCUT2D eigenvalue weighted by Crippen LogP contribution is -2.43. The number of nitrogens with zero attached hydrogens (tertiary/aromatic N) is 2.